The predicted molar refractivity (Wildman–Crippen MR) is 64.2 cm³/mol. The lowest BCUT2D eigenvalue weighted by Crippen LogP contribution is -2.24. The average Bonchev–Trinajstić information content (AvgIpc) is 2.86. The first-order valence-electron chi connectivity index (χ1n) is 6.57. The number of hydrogen-bond donors (Lipinski definition) is 1. The van der Waals surface area contributed by atoms with Crippen molar-refractivity contribution in [3.8, 4) is 0 Å². The molecule has 0 aromatic carbocycles. The Kier molecular flexibility index (Phi) is 2.51. The van der Waals surface area contributed by atoms with Gasteiger partial charge in [-0.2, -0.15) is 5.10 Å². The normalized spacial score (nSPS) is 24.6. The summed E-state index contributed by atoms with van der Waals surface area (Å²) in [7, 11) is 0. The van der Waals surface area contributed by atoms with Crippen LogP contribution in [0.2, 0.25) is 0 Å². The van der Waals surface area contributed by atoms with E-state index in [0.717, 1.165) is 6.42 Å². The van der Waals surface area contributed by atoms with Crippen LogP contribution >= 0.6 is 0 Å². The molecule has 0 radical (unpaired) electrons. The van der Waals surface area contributed by atoms with Gasteiger partial charge in [0.2, 0.25) is 0 Å². The molecule has 0 saturated heterocycles. The van der Waals surface area contributed by atoms with Crippen LogP contribution in [0.25, 0.3) is 0 Å². The number of aromatic nitrogens is 2. The van der Waals surface area contributed by atoms with Crippen LogP contribution in [-0.4, -0.2) is 15.3 Å². The van der Waals surface area contributed by atoms with Crippen molar-refractivity contribution in [3.63, 3.8) is 0 Å². The first-order valence-corrected chi connectivity index (χ1v) is 6.57. The highest BCUT2D eigenvalue weighted by molar-refractivity contribution is 5.15. The van der Waals surface area contributed by atoms with Crippen molar-refractivity contribution >= 4 is 0 Å². The van der Waals surface area contributed by atoms with Crippen LogP contribution in [-0.2, 0) is 6.42 Å². The van der Waals surface area contributed by atoms with Crippen molar-refractivity contribution < 1.29 is 0 Å². The van der Waals surface area contributed by atoms with E-state index in [9.17, 15) is 0 Å². The molecule has 2 saturated carbocycles. The quantitative estimate of drug-likeness (QED) is 0.848. The predicted octanol–water partition coefficient (Wildman–Crippen LogP) is 2.42. The van der Waals surface area contributed by atoms with Crippen molar-refractivity contribution in [1.29, 1.82) is 0 Å². The fourth-order valence-electron chi connectivity index (χ4n) is 2.76. The average molecular weight is 219 g/mol. The van der Waals surface area contributed by atoms with Crippen molar-refractivity contribution in [2.75, 3.05) is 0 Å². The molecule has 16 heavy (non-hydrogen) atoms. The Morgan fingerprint density at radius 2 is 2.06 bits per heavy atom. The Labute approximate surface area is 97.0 Å². The maximum Gasteiger partial charge on any atom is 0.0522 e. The first kappa shape index (κ1) is 10.3. The van der Waals surface area contributed by atoms with Gasteiger partial charge < -0.3 is 5.73 Å². The summed E-state index contributed by atoms with van der Waals surface area (Å²) in [6, 6.07) is 0.649. The maximum atomic E-state index is 6.13. The molecule has 1 aromatic heterocycles. The molecule has 88 valence electrons. The van der Waals surface area contributed by atoms with Crippen molar-refractivity contribution in [2.24, 2.45) is 5.73 Å². The summed E-state index contributed by atoms with van der Waals surface area (Å²) >= 11 is 0. The molecule has 0 spiro atoms. The zero-order valence-electron chi connectivity index (χ0n) is 9.86. The molecule has 0 amide bonds. The van der Waals surface area contributed by atoms with Crippen LogP contribution in [0, 0.1) is 0 Å². The second-order valence-electron chi connectivity index (χ2n) is 5.66. The highest BCUT2D eigenvalue weighted by atomic mass is 15.3. The molecule has 2 aliphatic rings. The van der Waals surface area contributed by atoms with Gasteiger partial charge in [-0.1, -0.05) is 19.3 Å². The van der Waals surface area contributed by atoms with Gasteiger partial charge in [-0.25, -0.2) is 0 Å². The van der Waals surface area contributed by atoms with Crippen LogP contribution < -0.4 is 5.73 Å². The second-order valence-corrected chi connectivity index (χ2v) is 5.66. The second kappa shape index (κ2) is 3.88. The molecule has 0 unspecified atom stereocenters. The van der Waals surface area contributed by atoms with Crippen molar-refractivity contribution in [1.82, 2.24) is 9.78 Å². The Bertz CT molecular complexity index is 359. The Hall–Kier alpha value is -0.830. The topological polar surface area (TPSA) is 43.8 Å². The molecule has 3 nitrogen and oxygen atoms in total. The van der Waals surface area contributed by atoms with Gasteiger partial charge in [0.15, 0.2) is 0 Å². The summed E-state index contributed by atoms with van der Waals surface area (Å²) in [5.74, 6) is 0. The molecule has 1 heterocycles. The van der Waals surface area contributed by atoms with E-state index in [4.69, 9.17) is 5.73 Å². The van der Waals surface area contributed by atoms with Gasteiger partial charge in [0.1, 0.15) is 0 Å². The van der Waals surface area contributed by atoms with E-state index in [1.807, 2.05) is 6.20 Å². The van der Waals surface area contributed by atoms with Crippen LogP contribution in [0.5, 0.6) is 0 Å². The van der Waals surface area contributed by atoms with Gasteiger partial charge in [-0.3, -0.25) is 4.68 Å². The highest BCUT2D eigenvalue weighted by Crippen LogP contribution is 2.36. The number of nitrogens with zero attached hydrogens (tertiary/aromatic N) is 2. The van der Waals surface area contributed by atoms with E-state index < -0.39 is 0 Å². The minimum atomic E-state index is 0.112. The summed E-state index contributed by atoms with van der Waals surface area (Å²) in [4.78, 5) is 0. The van der Waals surface area contributed by atoms with Crippen LogP contribution in [0.3, 0.4) is 0 Å². The van der Waals surface area contributed by atoms with E-state index >= 15 is 0 Å². The van der Waals surface area contributed by atoms with E-state index in [-0.39, 0.29) is 5.54 Å². The van der Waals surface area contributed by atoms with Gasteiger partial charge in [0.25, 0.3) is 0 Å². The SMILES string of the molecule is NC1(Cc2cnn(C3CCCCC3)c2)CC1. The van der Waals surface area contributed by atoms with E-state index in [2.05, 4.69) is 16.0 Å². The van der Waals surface area contributed by atoms with Crippen molar-refractivity contribution in [3.05, 3.63) is 18.0 Å². The third-order valence-corrected chi connectivity index (χ3v) is 4.05. The minimum Gasteiger partial charge on any atom is -0.325 e. The fourth-order valence-corrected chi connectivity index (χ4v) is 2.76. The molecule has 3 heteroatoms. The van der Waals surface area contributed by atoms with E-state index in [0.29, 0.717) is 6.04 Å². The van der Waals surface area contributed by atoms with Crippen LogP contribution in [0.1, 0.15) is 56.6 Å². The zero-order valence-corrected chi connectivity index (χ0v) is 9.86. The minimum absolute atomic E-state index is 0.112. The third-order valence-electron chi connectivity index (χ3n) is 4.05. The molecule has 1 aromatic rings. The van der Waals surface area contributed by atoms with Crippen LogP contribution in [0.15, 0.2) is 12.4 Å². The largest absolute Gasteiger partial charge is 0.325 e. The summed E-state index contributed by atoms with van der Waals surface area (Å²) < 4.78 is 2.18. The monoisotopic (exact) mass is 219 g/mol. The molecule has 0 bridgehead atoms. The standard InChI is InChI=1S/C13H21N3/c14-13(6-7-13)8-11-9-15-16(10-11)12-4-2-1-3-5-12/h9-10,12H,1-8,14H2. The number of nitrogens with two attached hydrogens (primary N) is 1. The Balaban J connectivity index is 1.66. The van der Waals surface area contributed by atoms with Crippen molar-refractivity contribution in [2.45, 2.75) is 62.9 Å². The van der Waals surface area contributed by atoms with Crippen LogP contribution in [0.4, 0.5) is 0 Å². The Morgan fingerprint density at radius 1 is 1.31 bits per heavy atom. The van der Waals surface area contributed by atoms with Gasteiger partial charge >= 0.3 is 0 Å². The third kappa shape index (κ3) is 2.14. The molecule has 2 N–H and O–H groups in total. The molecule has 0 aliphatic heterocycles. The lowest BCUT2D eigenvalue weighted by Gasteiger charge is -2.21. The number of rotatable bonds is 3. The summed E-state index contributed by atoms with van der Waals surface area (Å²) in [6.45, 7) is 0. The van der Waals surface area contributed by atoms with Gasteiger partial charge in [-0.15, -0.1) is 0 Å². The van der Waals surface area contributed by atoms with Gasteiger partial charge in [0, 0.05) is 11.7 Å². The maximum absolute atomic E-state index is 6.13. The first-order chi connectivity index (χ1) is 7.75. The molecule has 2 aliphatic carbocycles. The lowest BCUT2D eigenvalue weighted by molar-refractivity contribution is 0.329. The summed E-state index contributed by atoms with van der Waals surface area (Å²) in [6.07, 6.45) is 14.3. The highest BCUT2D eigenvalue weighted by Gasteiger charge is 2.38. The molecular weight excluding hydrogens is 198 g/mol. The smallest absolute Gasteiger partial charge is 0.0522 e. The fraction of sp³-hybridized carbons (Fsp3) is 0.769. The van der Waals surface area contributed by atoms with Gasteiger partial charge in [-0.05, 0) is 37.7 Å². The molecular formula is C13H21N3. The van der Waals surface area contributed by atoms with Gasteiger partial charge in [0.05, 0.1) is 12.2 Å². The summed E-state index contributed by atoms with van der Waals surface area (Å²) in [5, 5.41) is 4.51. The summed E-state index contributed by atoms with van der Waals surface area (Å²) in [5.41, 5.74) is 7.57. The number of hydrogen-bond acceptors (Lipinski definition) is 2. The molecule has 3 rings (SSSR count). The molecule has 2 fully saturated rings. The van der Waals surface area contributed by atoms with E-state index in [1.54, 1.807) is 0 Å². The lowest BCUT2D eigenvalue weighted by atomic mass is 9.96. The van der Waals surface area contributed by atoms with E-state index in [1.165, 1.54) is 50.5 Å². The zero-order chi connectivity index (χ0) is 11.0. The Morgan fingerprint density at radius 3 is 2.75 bits per heavy atom. The molecule has 0 atom stereocenters.